The molecule has 5 rings (SSSR count). The van der Waals surface area contributed by atoms with E-state index in [1.54, 1.807) is 13.2 Å². The molecule has 0 unspecified atom stereocenters. The lowest BCUT2D eigenvalue weighted by atomic mass is 9.96. The van der Waals surface area contributed by atoms with E-state index in [2.05, 4.69) is 10.4 Å². The van der Waals surface area contributed by atoms with Crippen molar-refractivity contribution in [2.45, 2.75) is 31.8 Å². The first kappa shape index (κ1) is 22.1. The Hall–Kier alpha value is -3.72. The van der Waals surface area contributed by atoms with E-state index < -0.39 is 0 Å². The average molecular weight is 475 g/mol. The van der Waals surface area contributed by atoms with Crippen molar-refractivity contribution in [3.05, 3.63) is 76.6 Å². The molecule has 0 radical (unpaired) electrons. The normalized spacial score (nSPS) is 16.0. The van der Waals surface area contributed by atoms with Gasteiger partial charge in [0, 0.05) is 36.9 Å². The monoisotopic (exact) mass is 474 g/mol. The summed E-state index contributed by atoms with van der Waals surface area (Å²) in [5.41, 5.74) is 9.10. The van der Waals surface area contributed by atoms with Crippen molar-refractivity contribution in [1.29, 1.82) is 0 Å². The summed E-state index contributed by atoms with van der Waals surface area (Å²) in [6.07, 6.45) is 6.45. The van der Waals surface area contributed by atoms with E-state index in [0.29, 0.717) is 34.0 Å². The number of nitrogens with one attached hydrogen (secondary N) is 1. The number of carbonyl (C=O) groups is 2. The molecule has 1 aromatic carbocycles. The first-order chi connectivity index (χ1) is 16.6. The number of amides is 2. The topological polar surface area (TPSA) is 106 Å². The van der Waals surface area contributed by atoms with Gasteiger partial charge in [-0.1, -0.05) is 18.2 Å². The smallest absolute Gasteiger partial charge is 0.263 e. The number of benzene rings is 1. The van der Waals surface area contributed by atoms with Gasteiger partial charge in [0.05, 0.1) is 24.0 Å². The molecular weight excluding hydrogens is 448 g/mol. The molecule has 3 aromatic heterocycles. The Balaban J connectivity index is 1.48. The third-order valence-corrected chi connectivity index (χ3v) is 7.41. The maximum Gasteiger partial charge on any atom is 0.263 e. The summed E-state index contributed by atoms with van der Waals surface area (Å²) in [6.45, 7) is 1.21. The van der Waals surface area contributed by atoms with Gasteiger partial charge in [-0.25, -0.2) is 4.98 Å². The molecule has 3 N–H and O–H groups in total. The summed E-state index contributed by atoms with van der Waals surface area (Å²) in [4.78, 5) is 33.9. The van der Waals surface area contributed by atoms with Gasteiger partial charge < -0.3 is 16.0 Å². The van der Waals surface area contributed by atoms with Crippen molar-refractivity contribution in [1.82, 2.24) is 25.0 Å². The number of thiophene rings is 1. The molecule has 1 saturated heterocycles. The molecule has 1 aliphatic heterocycles. The number of piperidine rings is 1. The number of nitrogen functional groups attached to an aromatic ring is 1. The fourth-order valence-electron chi connectivity index (χ4n) is 4.55. The van der Waals surface area contributed by atoms with Gasteiger partial charge in [0.25, 0.3) is 11.8 Å². The highest BCUT2D eigenvalue weighted by atomic mass is 32.1. The number of rotatable bonds is 5. The lowest BCUT2D eigenvalue weighted by molar-refractivity contribution is 0.0605. The number of likely N-dealkylation sites (tertiary alicyclic amines) is 1. The van der Waals surface area contributed by atoms with E-state index in [0.717, 1.165) is 35.9 Å². The van der Waals surface area contributed by atoms with E-state index in [1.807, 2.05) is 58.2 Å². The van der Waals surface area contributed by atoms with E-state index in [4.69, 9.17) is 10.7 Å². The predicted octanol–water partition coefficient (Wildman–Crippen LogP) is 3.85. The van der Waals surface area contributed by atoms with Crippen LogP contribution in [0.2, 0.25) is 0 Å². The summed E-state index contributed by atoms with van der Waals surface area (Å²) >= 11 is 1.28. The number of carbonyl (C=O) groups excluding carboxylic acids is 2. The molecule has 174 valence electrons. The van der Waals surface area contributed by atoms with Gasteiger partial charge >= 0.3 is 0 Å². The van der Waals surface area contributed by atoms with Gasteiger partial charge in [-0.2, -0.15) is 5.10 Å². The van der Waals surface area contributed by atoms with Crippen LogP contribution < -0.4 is 11.1 Å². The third-order valence-electron chi connectivity index (χ3n) is 6.29. The molecular formula is C25H26N6O2S. The molecule has 2 amide bonds. The molecule has 4 aromatic rings. The minimum atomic E-state index is -0.217. The van der Waals surface area contributed by atoms with Gasteiger partial charge in [0.15, 0.2) is 0 Å². The van der Waals surface area contributed by atoms with Gasteiger partial charge in [0.2, 0.25) is 0 Å². The van der Waals surface area contributed by atoms with E-state index in [-0.39, 0.29) is 17.9 Å². The Bertz CT molecular complexity index is 1350. The van der Waals surface area contributed by atoms with E-state index in [9.17, 15) is 9.59 Å². The number of fused-ring (bicyclic) bond motifs is 1. The van der Waals surface area contributed by atoms with E-state index >= 15 is 0 Å². The van der Waals surface area contributed by atoms with Crippen molar-refractivity contribution >= 4 is 39.1 Å². The van der Waals surface area contributed by atoms with Crippen LogP contribution in [0, 0.1) is 0 Å². The number of aromatic nitrogens is 3. The maximum atomic E-state index is 13.8. The maximum absolute atomic E-state index is 13.8. The summed E-state index contributed by atoms with van der Waals surface area (Å²) in [7, 11) is 1.58. The Morgan fingerprint density at radius 3 is 2.82 bits per heavy atom. The van der Waals surface area contributed by atoms with Gasteiger partial charge in [0.1, 0.15) is 9.71 Å². The van der Waals surface area contributed by atoms with Crippen LogP contribution in [-0.2, 0) is 6.54 Å². The van der Waals surface area contributed by atoms with Crippen molar-refractivity contribution in [2.75, 3.05) is 19.3 Å². The Morgan fingerprint density at radius 2 is 2.03 bits per heavy atom. The minimum absolute atomic E-state index is 0.00564. The summed E-state index contributed by atoms with van der Waals surface area (Å²) < 4.78 is 1.82. The molecule has 0 bridgehead atoms. The molecule has 0 saturated carbocycles. The quantitative estimate of drug-likeness (QED) is 0.457. The molecule has 34 heavy (non-hydrogen) atoms. The number of pyridine rings is 1. The number of hydrogen-bond acceptors (Lipinski definition) is 6. The van der Waals surface area contributed by atoms with Crippen LogP contribution >= 0.6 is 11.3 Å². The van der Waals surface area contributed by atoms with Crippen molar-refractivity contribution in [3.63, 3.8) is 0 Å². The lowest BCUT2D eigenvalue weighted by Crippen LogP contribution is -2.39. The van der Waals surface area contributed by atoms with Crippen LogP contribution in [0.5, 0.6) is 0 Å². The third kappa shape index (κ3) is 4.03. The molecule has 4 heterocycles. The van der Waals surface area contributed by atoms with Gasteiger partial charge in [-0.3, -0.25) is 14.3 Å². The standard InChI is InChI=1S/C25H26N6O2S/c1-27-23(32)22-21(26)18-10-11-19(29-24(18)34-22)20-9-4-5-14-31(20)25(33)17-8-3-2-7-16(17)15-30-13-6-12-28-30/h2-3,6-8,10-13,20H,4-5,9,14-15,26H2,1H3,(H,27,32)/t20-/m1/s1. The fourth-order valence-corrected chi connectivity index (χ4v) is 5.60. The second-order valence-electron chi connectivity index (χ2n) is 8.38. The highest BCUT2D eigenvalue weighted by molar-refractivity contribution is 7.21. The largest absolute Gasteiger partial charge is 0.397 e. The summed E-state index contributed by atoms with van der Waals surface area (Å²) in [5.74, 6) is -0.212. The number of hydrogen-bond donors (Lipinski definition) is 2. The SMILES string of the molecule is CNC(=O)c1sc2nc([C@H]3CCCCN3C(=O)c3ccccc3Cn3cccn3)ccc2c1N. The van der Waals surface area contributed by atoms with Crippen LogP contribution in [0.4, 0.5) is 5.69 Å². The second kappa shape index (κ2) is 9.26. The predicted molar refractivity (Wildman–Crippen MR) is 133 cm³/mol. The van der Waals surface area contributed by atoms with Crippen molar-refractivity contribution in [2.24, 2.45) is 0 Å². The molecule has 8 nitrogen and oxygen atoms in total. The Kier molecular flexibility index (Phi) is 6.02. The first-order valence-electron chi connectivity index (χ1n) is 11.3. The molecule has 1 fully saturated rings. The Labute approximate surface area is 201 Å². The zero-order chi connectivity index (χ0) is 23.7. The molecule has 1 aliphatic rings. The summed E-state index contributed by atoms with van der Waals surface area (Å²) in [6, 6.07) is 13.3. The molecule has 0 spiro atoms. The number of nitrogens with zero attached hydrogens (tertiary/aromatic N) is 4. The number of nitrogens with two attached hydrogens (primary N) is 1. The minimum Gasteiger partial charge on any atom is -0.397 e. The van der Waals surface area contributed by atoms with Crippen molar-refractivity contribution < 1.29 is 9.59 Å². The van der Waals surface area contributed by atoms with Gasteiger partial charge in [-0.15, -0.1) is 11.3 Å². The van der Waals surface area contributed by atoms with Crippen LogP contribution in [0.25, 0.3) is 10.2 Å². The van der Waals surface area contributed by atoms with Crippen LogP contribution in [0.15, 0.2) is 54.9 Å². The first-order valence-corrected chi connectivity index (χ1v) is 12.2. The van der Waals surface area contributed by atoms with Crippen molar-refractivity contribution in [3.8, 4) is 0 Å². The zero-order valence-electron chi connectivity index (χ0n) is 18.9. The zero-order valence-corrected chi connectivity index (χ0v) is 19.7. The highest BCUT2D eigenvalue weighted by Crippen LogP contribution is 2.36. The fraction of sp³-hybridized carbons (Fsp3) is 0.280. The molecule has 1 atom stereocenters. The lowest BCUT2D eigenvalue weighted by Gasteiger charge is -2.36. The van der Waals surface area contributed by atoms with Crippen LogP contribution in [0.3, 0.4) is 0 Å². The second-order valence-corrected chi connectivity index (χ2v) is 9.38. The molecule has 0 aliphatic carbocycles. The van der Waals surface area contributed by atoms with Gasteiger partial charge in [-0.05, 0) is 49.1 Å². The molecule has 9 heteroatoms. The van der Waals surface area contributed by atoms with E-state index in [1.165, 1.54) is 11.3 Å². The Morgan fingerprint density at radius 1 is 1.18 bits per heavy atom. The average Bonchev–Trinajstić information content (AvgIpc) is 3.51. The highest BCUT2D eigenvalue weighted by Gasteiger charge is 2.31. The number of anilines is 1. The van der Waals surface area contributed by atoms with Crippen LogP contribution in [0.1, 0.15) is 56.6 Å². The summed E-state index contributed by atoms with van der Waals surface area (Å²) in [5, 5.41) is 7.68. The van der Waals surface area contributed by atoms with Crippen LogP contribution in [-0.4, -0.2) is 45.1 Å².